The van der Waals surface area contributed by atoms with Crippen LogP contribution in [-0.2, 0) is 27.2 Å². The highest BCUT2D eigenvalue weighted by atomic mass is 16.7. The molecule has 4 rings (SSSR count). The monoisotopic (exact) mass is 547 g/mol. The topological polar surface area (TPSA) is 144 Å². The van der Waals surface area contributed by atoms with Crippen LogP contribution in [0.1, 0.15) is 40.7 Å². The molecule has 3 aromatic heterocycles. The normalized spacial score (nSPS) is 12.7. The number of aromatic nitrogens is 3. The zero-order valence-electron chi connectivity index (χ0n) is 23.1. The Kier molecular flexibility index (Phi) is 9.44. The van der Waals surface area contributed by atoms with Crippen molar-refractivity contribution in [3.63, 3.8) is 0 Å². The van der Waals surface area contributed by atoms with Crippen molar-refractivity contribution in [1.82, 2.24) is 14.5 Å². The summed E-state index contributed by atoms with van der Waals surface area (Å²) in [6, 6.07) is 8.72. The van der Waals surface area contributed by atoms with Crippen LogP contribution >= 0.6 is 0 Å². The van der Waals surface area contributed by atoms with Crippen molar-refractivity contribution in [2.45, 2.75) is 32.6 Å². The molecule has 0 unspecified atom stereocenters. The summed E-state index contributed by atoms with van der Waals surface area (Å²) in [6.07, 6.45) is 3.81. The summed E-state index contributed by atoms with van der Waals surface area (Å²) in [5.74, 6) is 0.781. The molecule has 3 aromatic rings. The number of nitriles is 1. The summed E-state index contributed by atoms with van der Waals surface area (Å²) >= 11 is 0. The molecule has 1 aliphatic heterocycles. The lowest BCUT2D eigenvalue weighted by Crippen LogP contribution is -2.40. The van der Waals surface area contributed by atoms with E-state index in [0.717, 1.165) is 29.5 Å². The molecule has 2 amide bonds. The number of nitrogens with zero attached hydrogens (tertiary/aromatic N) is 5. The van der Waals surface area contributed by atoms with Crippen molar-refractivity contribution in [1.29, 1.82) is 5.26 Å². The highest BCUT2D eigenvalue weighted by Gasteiger charge is 2.28. The van der Waals surface area contributed by atoms with Crippen LogP contribution in [0, 0.1) is 18.3 Å². The van der Waals surface area contributed by atoms with Gasteiger partial charge in [-0.3, -0.25) is 15.0 Å². The van der Waals surface area contributed by atoms with Gasteiger partial charge in [0.2, 0.25) is 6.29 Å². The first-order valence-electron chi connectivity index (χ1n) is 12.8. The third-order valence-electron chi connectivity index (χ3n) is 6.54. The molecule has 0 aliphatic carbocycles. The molecule has 2 N–H and O–H groups in total. The minimum absolute atomic E-state index is 0.123. The number of urea groups is 1. The minimum atomic E-state index is -0.797. The van der Waals surface area contributed by atoms with Crippen LogP contribution in [0.15, 0.2) is 41.5 Å². The van der Waals surface area contributed by atoms with Gasteiger partial charge in [-0.05, 0) is 48.6 Å². The van der Waals surface area contributed by atoms with Crippen LogP contribution in [0.5, 0.6) is 0 Å². The number of carbonyl (C=O) groups is 1. The van der Waals surface area contributed by atoms with Gasteiger partial charge in [-0.2, -0.15) is 5.26 Å². The molecular formula is C28H33N7O5. The van der Waals surface area contributed by atoms with Crippen LogP contribution in [0.25, 0.3) is 0 Å². The van der Waals surface area contributed by atoms with Gasteiger partial charge in [-0.25, -0.2) is 14.8 Å². The third kappa shape index (κ3) is 6.45. The second kappa shape index (κ2) is 13.2. The van der Waals surface area contributed by atoms with Crippen LogP contribution in [0.4, 0.5) is 22.1 Å². The third-order valence-corrected chi connectivity index (χ3v) is 6.54. The molecule has 0 radical (unpaired) electrons. The predicted molar refractivity (Wildman–Crippen MR) is 150 cm³/mol. The van der Waals surface area contributed by atoms with Crippen molar-refractivity contribution in [3.05, 3.63) is 75.0 Å². The number of hydrogen-bond donors (Lipinski definition) is 2. The van der Waals surface area contributed by atoms with Crippen molar-refractivity contribution >= 4 is 23.4 Å². The van der Waals surface area contributed by atoms with E-state index >= 15 is 0 Å². The minimum Gasteiger partial charge on any atom is -0.383 e. The fraction of sp³-hybridized carbons (Fsp3) is 0.393. The van der Waals surface area contributed by atoms with E-state index in [2.05, 4.69) is 21.7 Å². The van der Waals surface area contributed by atoms with E-state index in [4.69, 9.17) is 19.2 Å². The van der Waals surface area contributed by atoms with Gasteiger partial charge in [0, 0.05) is 58.9 Å². The van der Waals surface area contributed by atoms with E-state index in [1.165, 1.54) is 20.4 Å². The van der Waals surface area contributed by atoms with Gasteiger partial charge in [0.15, 0.2) is 0 Å². The molecule has 40 heavy (non-hydrogen) atoms. The Balaban J connectivity index is 1.65. The summed E-state index contributed by atoms with van der Waals surface area (Å²) in [4.78, 5) is 36.7. The maximum absolute atomic E-state index is 13.5. The zero-order chi connectivity index (χ0) is 28.6. The van der Waals surface area contributed by atoms with E-state index in [0.29, 0.717) is 48.3 Å². The Morgan fingerprint density at radius 1 is 1.23 bits per heavy atom. The molecule has 0 spiro atoms. The van der Waals surface area contributed by atoms with Crippen molar-refractivity contribution in [2.75, 3.05) is 56.6 Å². The van der Waals surface area contributed by atoms with Crippen molar-refractivity contribution < 1.29 is 19.0 Å². The lowest BCUT2D eigenvalue weighted by atomic mass is 10.0. The summed E-state index contributed by atoms with van der Waals surface area (Å²) in [5.41, 5.74) is 3.78. The lowest BCUT2D eigenvalue weighted by Gasteiger charge is -2.30. The Bertz CT molecular complexity index is 1460. The Morgan fingerprint density at radius 2 is 2.02 bits per heavy atom. The van der Waals surface area contributed by atoms with Gasteiger partial charge < -0.3 is 24.1 Å². The van der Waals surface area contributed by atoms with Crippen molar-refractivity contribution in [2.24, 2.45) is 0 Å². The van der Waals surface area contributed by atoms with E-state index in [9.17, 15) is 14.9 Å². The average molecular weight is 548 g/mol. The summed E-state index contributed by atoms with van der Waals surface area (Å²) in [6.45, 7) is 3.54. The van der Waals surface area contributed by atoms with Crippen LogP contribution in [0.3, 0.4) is 0 Å². The number of rotatable bonds is 10. The second-order valence-electron chi connectivity index (χ2n) is 9.32. The number of amides is 2. The number of methoxy groups -OCH3 is 3. The van der Waals surface area contributed by atoms with Gasteiger partial charge >= 0.3 is 6.03 Å². The molecule has 0 atom stereocenters. The molecule has 0 saturated heterocycles. The zero-order valence-corrected chi connectivity index (χ0v) is 23.1. The van der Waals surface area contributed by atoms with Crippen LogP contribution in [-0.4, -0.2) is 61.6 Å². The number of hydrogen-bond acceptors (Lipinski definition) is 9. The SMILES string of the molecule is COCCNc1cc(NC(=O)N2CCCc3cc(Cn4ccc(C)cc4=O)c(C(OC)OC)nc32)ncc1C#N. The molecule has 4 heterocycles. The Hall–Kier alpha value is -4.31. The number of aryl methyl sites for hydroxylation is 2. The standard InChI is InChI=1S/C28H33N7O5/c1-18-7-10-34(24(36)12-18)17-20-13-19-6-5-9-35(26(19)33-25(20)27(39-3)40-4)28(37)32-23-14-22(30-8-11-38-2)21(15-29)16-31-23/h7,10,12-14,16,27H,5-6,8-9,11,17H2,1-4H3,(H2,30,31,32,37). The number of fused-ring (bicyclic) bond motifs is 1. The van der Waals surface area contributed by atoms with Gasteiger partial charge in [-0.1, -0.05) is 0 Å². The van der Waals surface area contributed by atoms with E-state index in [1.807, 2.05) is 19.1 Å². The fourth-order valence-corrected chi connectivity index (χ4v) is 4.55. The highest BCUT2D eigenvalue weighted by Crippen LogP contribution is 2.32. The first-order valence-corrected chi connectivity index (χ1v) is 12.8. The maximum Gasteiger partial charge on any atom is 0.328 e. The lowest BCUT2D eigenvalue weighted by molar-refractivity contribution is -0.109. The number of ether oxygens (including phenoxy) is 3. The molecule has 0 saturated carbocycles. The summed E-state index contributed by atoms with van der Waals surface area (Å²) in [7, 11) is 4.61. The molecule has 12 heteroatoms. The molecule has 0 aromatic carbocycles. The van der Waals surface area contributed by atoms with Gasteiger partial charge in [-0.15, -0.1) is 0 Å². The highest BCUT2D eigenvalue weighted by molar-refractivity contribution is 6.01. The predicted octanol–water partition coefficient (Wildman–Crippen LogP) is 3.20. The molecule has 12 nitrogen and oxygen atoms in total. The largest absolute Gasteiger partial charge is 0.383 e. The first-order chi connectivity index (χ1) is 19.4. The van der Waals surface area contributed by atoms with Gasteiger partial charge in [0.05, 0.1) is 24.4 Å². The Morgan fingerprint density at radius 3 is 2.73 bits per heavy atom. The van der Waals surface area contributed by atoms with Gasteiger partial charge in [0.25, 0.3) is 5.56 Å². The van der Waals surface area contributed by atoms with E-state index < -0.39 is 12.3 Å². The number of carbonyl (C=O) groups excluding carboxylic acids is 1. The smallest absolute Gasteiger partial charge is 0.328 e. The number of anilines is 3. The summed E-state index contributed by atoms with van der Waals surface area (Å²) in [5, 5.41) is 15.4. The Labute approximate surface area is 232 Å². The maximum atomic E-state index is 13.5. The van der Waals surface area contributed by atoms with Crippen LogP contribution < -0.4 is 21.1 Å². The molecule has 0 bridgehead atoms. The second-order valence-corrected chi connectivity index (χ2v) is 9.32. The number of pyridine rings is 3. The van der Waals surface area contributed by atoms with E-state index in [1.54, 1.807) is 34.9 Å². The van der Waals surface area contributed by atoms with Crippen LogP contribution in [0.2, 0.25) is 0 Å². The average Bonchev–Trinajstić information content (AvgIpc) is 2.95. The van der Waals surface area contributed by atoms with Gasteiger partial charge in [0.1, 0.15) is 23.4 Å². The summed E-state index contributed by atoms with van der Waals surface area (Å²) < 4.78 is 17.7. The molecular weight excluding hydrogens is 514 g/mol. The molecule has 1 aliphatic rings. The quantitative estimate of drug-likeness (QED) is 0.289. The van der Waals surface area contributed by atoms with Crippen molar-refractivity contribution in [3.8, 4) is 6.07 Å². The van der Waals surface area contributed by atoms with E-state index in [-0.39, 0.29) is 12.1 Å². The molecule has 210 valence electrons. The number of nitrogens with one attached hydrogen (secondary N) is 2. The fourth-order valence-electron chi connectivity index (χ4n) is 4.55. The first kappa shape index (κ1) is 28.7. The molecule has 0 fully saturated rings.